The molecule has 1 aromatic carbocycles. The van der Waals surface area contributed by atoms with Gasteiger partial charge in [0.25, 0.3) is 0 Å². The zero-order chi connectivity index (χ0) is 12.6. The van der Waals surface area contributed by atoms with Gasteiger partial charge in [-0.2, -0.15) is 0 Å². The van der Waals surface area contributed by atoms with E-state index in [2.05, 4.69) is 39.1 Å². The van der Waals surface area contributed by atoms with E-state index in [1.165, 1.54) is 16.1 Å². The standard InChI is InChI=1S/C14H21NOS/c1-9-6-7-10(16-5)12-13(9)17-8-11(15-12)14(2,3)4/h6-7,11,15H,8H2,1-5H3. The number of hydrogen-bond donors (Lipinski definition) is 1. The molecule has 1 unspecified atom stereocenters. The lowest BCUT2D eigenvalue weighted by atomic mass is 9.87. The van der Waals surface area contributed by atoms with Crippen LogP contribution in [0.3, 0.4) is 0 Å². The average Bonchev–Trinajstić information content (AvgIpc) is 2.28. The van der Waals surface area contributed by atoms with Gasteiger partial charge < -0.3 is 10.1 Å². The third-order valence-corrected chi connectivity index (χ3v) is 4.61. The number of aryl methyl sites for hydroxylation is 1. The third-order valence-electron chi connectivity index (χ3n) is 3.29. The number of methoxy groups -OCH3 is 1. The summed E-state index contributed by atoms with van der Waals surface area (Å²) in [6, 6.07) is 4.66. The van der Waals surface area contributed by atoms with E-state index in [0.29, 0.717) is 6.04 Å². The fourth-order valence-corrected chi connectivity index (χ4v) is 3.53. The minimum absolute atomic E-state index is 0.263. The molecule has 0 radical (unpaired) electrons. The molecule has 1 aromatic rings. The molecule has 1 atom stereocenters. The fourth-order valence-electron chi connectivity index (χ4n) is 2.01. The van der Waals surface area contributed by atoms with Crippen LogP contribution in [0.1, 0.15) is 26.3 Å². The van der Waals surface area contributed by atoms with Crippen LogP contribution in [-0.2, 0) is 0 Å². The first kappa shape index (κ1) is 12.6. The first-order valence-electron chi connectivity index (χ1n) is 6.00. The van der Waals surface area contributed by atoms with Crippen molar-refractivity contribution in [1.29, 1.82) is 0 Å². The van der Waals surface area contributed by atoms with E-state index in [9.17, 15) is 0 Å². The van der Waals surface area contributed by atoms with Crippen molar-refractivity contribution in [3.63, 3.8) is 0 Å². The van der Waals surface area contributed by atoms with Crippen molar-refractivity contribution in [1.82, 2.24) is 0 Å². The lowest BCUT2D eigenvalue weighted by molar-refractivity contribution is 0.358. The highest BCUT2D eigenvalue weighted by Gasteiger charge is 2.30. The maximum Gasteiger partial charge on any atom is 0.143 e. The summed E-state index contributed by atoms with van der Waals surface area (Å²) in [6.45, 7) is 8.99. The van der Waals surface area contributed by atoms with Crippen molar-refractivity contribution in [2.24, 2.45) is 5.41 Å². The van der Waals surface area contributed by atoms with Gasteiger partial charge in [-0.1, -0.05) is 26.8 Å². The molecule has 17 heavy (non-hydrogen) atoms. The molecule has 1 aliphatic heterocycles. The zero-order valence-electron chi connectivity index (χ0n) is 11.3. The van der Waals surface area contributed by atoms with Crippen LogP contribution in [0.4, 0.5) is 5.69 Å². The number of ether oxygens (including phenoxy) is 1. The normalized spacial score (nSPS) is 19.5. The van der Waals surface area contributed by atoms with Gasteiger partial charge >= 0.3 is 0 Å². The molecule has 0 spiro atoms. The van der Waals surface area contributed by atoms with E-state index in [4.69, 9.17) is 4.74 Å². The number of nitrogens with one attached hydrogen (secondary N) is 1. The van der Waals surface area contributed by atoms with Crippen LogP contribution in [0.15, 0.2) is 17.0 Å². The van der Waals surface area contributed by atoms with E-state index in [-0.39, 0.29) is 5.41 Å². The summed E-state index contributed by atoms with van der Waals surface area (Å²) in [5, 5.41) is 3.65. The summed E-state index contributed by atoms with van der Waals surface area (Å²) in [5.74, 6) is 2.07. The number of rotatable bonds is 1. The molecular weight excluding hydrogens is 230 g/mol. The molecule has 0 fully saturated rings. The Morgan fingerprint density at radius 1 is 1.35 bits per heavy atom. The lowest BCUT2D eigenvalue weighted by Gasteiger charge is -2.37. The summed E-state index contributed by atoms with van der Waals surface area (Å²) >= 11 is 1.94. The summed E-state index contributed by atoms with van der Waals surface area (Å²) < 4.78 is 5.45. The van der Waals surface area contributed by atoms with Gasteiger partial charge in [0.1, 0.15) is 5.75 Å². The number of fused-ring (bicyclic) bond motifs is 1. The third kappa shape index (κ3) is 2.39. The van der Waals surface area contributed by atoms with Crippen LogP contribution in [0.2, 0.25) is 0 Å². The van der Waals surface area contributed by atoms with Gasteiger partial charge in [-0.05, 0) is 24.0 Å². The average molecular weight is 251 g/mol. The minimum atomic E-state index is 0.263. The Kier molecular flexibility index (Phi) is 3.30. The fraction of sp³-hybridized carbons (Fsp3) is 0.571. The van der Waals surface area contributed by atoms with Crippen LogP contribution < -0.4 is 10.1 Å². The van der Waals surface area contributed by atoms with Crippen LogP contribution in [0.25, 0.3) is 0 Å². The number of thioether (sulfide) groups is 1. The summed E-state index contributed by atoms with van der Waals surface area (Å²) in [4.78, 5) is 1.34. The molecule has 0 bridgehead atoms. The topological polar surface area (TPSA) is 21.3 Å². The van der Waals surface area contributed by atoms with Crippen LogP contribution >= 0.6 is 11.8 Å². The maximum atomic E-state index is 5.45. The predicted molar refractivity (Wildman–Crippen MR) is 75.3 cm³/mol. The minimum Gasteiger partial charge on any atom is -0.495 e. The Labute approximate surface area is 108 Å². The Balaban J connectivity index is 2.39. The van der Waals surface area contributed by atoms with E-state index in [1.807, 2.05) is 17.8 Å². The molecule has 3 heteroatoms. The molecule has 0 amide bonds. The molecular formula is C14H21NOS. The van der Waals surface area contributed by atoms with Crippen molar-refractivity contribution in [3.8, 4) is 5.75 Å². The first-order chi connectivity index (χ1) is 7.93. The molecule has 1 heterocycles. The van der Waals surface area contributed by atoms with E-state index >= 15 is 0 Å². The van der Waals surface area contributed by atoms with Crippen LogP contribution in [0.5, 0.6) is 5.75 Å². The van der Waals surface area contributed by atoms with Gasteiger partial charge in [-0.25, -0.2) is 0 Å². The van der Waals surface area contributed by atoms with Gasteiger partial charge in [0, 0.05) is 16.7 Å². The monoisotopic (exact) mass is 251 g/mol. The first-order valence-corrected chi connectivity index (χ1v) is 6.99. The van der Waals surface area contributed by atoms with Gasteiger partial charge in [-0.3, -0.25) is 0 Å². The van der Waals surface area contributed by atoms with Crippen molar-refractivity contribution in [3.05, 3.63) is 17.7 Å². The van der Waals surface area contributed by atoms with E-state index in [0.717, 1.165) is 11.5 Å². The zero-order valence-corrected chi connectivity index (χ0v) is 12.1. The highest BCUT2D eigenvalue weighted by Crippen LogP contribution is 2.44. The van der Waals surface area contributed by atoms with Crippen LogP contribution in [0, 0.1) is 12.3 Å². The van der Waals surface area contributed by atoms with Crippen molar-refractivity contribution in [2.45, 2.75) is 38.6 Å². The Morgan fingerprint density at radius 3 is 2.65 bits per heavy atom. The molecule has 0 saturated carbocycles. The highest BCUT2D eigenvalue weighted by molar-refractivity contribution is 7.99. The smallest absolute Gasteiger partial charge is 0.143 e. The molecule has 94 valence electrons. The molecule has 1 N–H and O–H groups in total. The second kappa shape index (κ2) is 4.45. The number of benzene rings is 1. The SMILES string of the molecule is COc1ccc(C)c2c1NC(C(C)(C)C)CS2. The van der Waals surface area contributed by atoms with Gasteiger partial charge in [0.05, 0.1) is 12.8 Å². The van der Waals surface area contributed by atoms with Crippen molar-refractivity contribution < 1.29 is 4.74 Å². The highest BCUT2D eigenvalue weighted by atomic mass is 32.2. The van der Waals surface area contributed by atoms with E-state index in [1.54, 1.807) is 7.11 Å². The van der Waals surface area contributed by atoms with Crippen molar-refractivity contribution >= 4 is 17.4 Å². The predicted octanol–water partition coefficient (Wildman–Crippen LogP) is 3.94. The van der Waals surface area contributed by atoms with Gasteiger partial charge in [0.15, 0.2) is 0 Å². The molecule has 2 nitrogen and oxygen atoms in total. The second-order valence-corrected chi connectivity index (χ2v) is 6.69. The van der Waals surface area contributed by atoms with Gasteiger partial charge in [0.2, 0.25) is 0 Å². The largest absolute Gasteiger partial charge is 0.495 e. The number of anilines is 1. The molecule has 0 aliphatic carbocycles. The maximum absolute atomic E-state index is 5.45. The molecule has 0 saturated heterocycles. The van der Waals surface area contributed by atoms with Crippen molar-refractivity contribution in [2.75, 3.05) is 18.2 Å². The summed E-state index contributed by atoms with van der Waals surface area (Å²) in [7, 11) is 1.73. The second-order valence-electron chi connectivity index (χ2n) is 5.66. The van der Waals surface area contributed by atoms with Crippen LogP contribution in [-0.4, -0.2) is 18.9 Å². The molecule has 1 aliphatic rings. The Bertz CT molecular complexity index is 423. The molecule has 2 rings (SSSR count). The summed E-state index contributed by atoms with van der Waals surface area (Å²) in [6.07, 6.45) is 0. The van der Waals surface area contributed by atoms with E-state index < -0.39 is 0 Å². The Hall–Kier alpha value is -0.830. The molecule has 0 aromatic heterocycles. The van der Waals surface area contributed by atoms with Gasteiger partial charge in [-0.15, -0.1) is 11.8 Å². The summed E-state index contributed by atoms with van der Waals surface area (Å²) in [5.41, 5.74) is 2.76. The lowest BCUT2D eigenvalue weighted by Crippen LogP contribution is -2.38. The Morgan fingerprint density at radius 2 is 2.06 bits per heavy atom. The number of hydrogen-bond acceptors (Lipinski definition) is 3. The quantitative estimate of drug-likeness (QED) is 0.817.